The number of nitro groups is 1. The molecule has 0 heterocycles. The zero-order chi connectivity index (χ0) is 13.2. The van der Waals surface area contributed by atoms with E-state index in [-0.39, 0.29) is 12.1 Å². The van der Waals surface area contributed by atoms with E-state index in [9.17, 15) is 23.3 Å². The molecule has 0 spiro atoms. The van der Waals surface area contributed by atoms with Gasteiger partial charge in [0.05, 0.1) is 17.0 Å². The van der Waals surface area contributed by atoms with Gasteiger partial charge in [-0.05, 0) is 6.07 Å². The van der Waals surface area contributed by atoms with Crippen LogP contribution < -0.4 is 0 Å². The summed E-state index contributed by atoms with van der Waals surface area (Å²) in [5.74, 6) is 0. The molecule has 0 aliphatic heterocycles. The Morgan fingerprint density at radius 2 is 2.06 bits per heavy atom. The van der Waals surface area contributed by atoms with E-state index in [0.29, 0.717) is 11.1 Å². The van der Waals surface area contributed by atoms with Gasteiger partial charge in [0.1, 0.15) is 0 Å². The van der Waals surface area contributed by atoms with Crippen LogP contribution in [-0.4, -0.2) is 22.2 Å². The summed E-state index contributed by atoms with van der Waals surface area (Å²) in [6.45, 7) is -0.228. The van der Waals surface area contributed by atoms with Crippen LogP contribution in [0, 0.1) is 10.1 Å². The normalized spacial score (nSPS) is 11.9. The number of nitrogens with zero attached hydrogens (tertiary/aromatic N) is 2. The molecule has 1 aromatic carbocycles. The molecular formula is C9H9F3N2O3. The molecule has 94 valence electrons. The topological polar surface area (TPSA) is 66.6 Å². The fraction of sp³-hybridized carbons (Fsp3) is 0.333. The van der Waals surface area contributed by atoms with Crippen LogP contribution in [0.5, 0.6) is 0 Å². The van der Waals surface area contributed by atoms with Gasteiger partial charge >= 0.3 is 6.18 Å². The van der Waals surface area contributed by atoms with Crippen LogP contribution in [0.1, 0.15) is 11.1 Å². The third kappa shape index (κ3) is 3.40. The van der Waals surface area contributed by atoms with Gasteiger partial charge in [0, 0.05) is 18.7 Å². The Balaban J connectivity index is 3.22. The SMILES string of the molecule is CN(O)Cc1ccc(C(F)(F)F)cc1[N+](=O)[O-]. The molecule has 8 heteroatoms. The lowest BCUT2D eigenvalue weighted by atomic mass is 10.1. The second-order valence-electron chi connectivity index (χ2n) is 3.41. The highest BCUT2D eigenvalue weighted by atomic mass is 19.4. The number of halogens is 3. The molecule has 0 aliphatic carbocycles. The van der Waals surface area contributed by atoms with Gasteiger partial charge in [0.25, 0.3) is 5.69 Å². The van der Waals surface area contributed by atoms with Gasteiger partial charge in [-0.15, -0.1) is 0 Å². The highest BCUT2D eigenvalue weighted by Crippen LogP contribution is 2.33. The zero-order valence-electron chi connectivity index (χ0n) is 8.73. The van der Waals surface area contributed by atoms with Crippen molar-refractivity contribution in [2.75, 3.05) is 7.05 Å². The first-order valence-electron chi connectivity index (χ1n) is 4.46. The number of hydrogen-bond donors (Lipinski definition) is 1. The molecule has 1 rings (SSSR count). The average molecular weight is 250 g/mol. The molecule has 0 radical (unpaired) electrons. The minimum absolute atomic E-state index is 0.00741. The molecular weight excluding hydrogens is 241 g/mol. The number of benzene rings is 1. The van der Waals surface area contributed by atoms with Gasteiger partial charge in [-0.25, -0.2) is 0 Å². The number of hydroxylamine groups is 2. The van der Waals surface area contributed by atoms with E-state index in [2.05, 4.69) is 0 Å². The summed E-state index contributed by atoms with van der Waals surface area (Å²) in [7, 11) is 1.24. The summed E-state index contributed by atoms with van der Waals surface area (Å²) in [5.41, 5.74) is -1.75. The van der Waals surface area contributed by atoms with E-state index >= 15 is 0 Å². The molecule has 0 fully saturated rings. The summed E-state index contributed by atoms with van der Waals surface area (Å²) >= 11 is 0. The lowest BCUT2D eigenvalue weighted by Crippen LogP contribution is -2.14. The lowest BCUT2D eigenvalue weighted by molar-refractivity contribution is -0.386. The molecule has 0 aromatic heterocycles. The maximum atomic E-state index is 12.3. The van der Waals surface area contributed by atoms with E-state index in [1.54, 1.807) is 0 Å². The van der Waals surface area contributed by atoms with Crippen LogP contribution in [0.25, 0.3) is 0 Å². The highest BCUT2D eigenvalue weighted by Gasteiger charge is 2.32. The second-order valence-corrected chi connectivity index (χ2v) is 3.41. The fourth-order valence-corrected chi connectivity index (χ4v) is 1.29. The molecule has 0 aliphatic rings. The number of alkyl halides is 3. The average Bonchev–Trinajstić information content (AvgIpc) is 2.15. The quantitative estimate of drug-likeness (QED) is 0.660. The van der Waals surface area contributed by atoms with E-state index in [0.717, 1.165) is 12.1 Å². The summed E-state index contributed by atoms with van der Waals surface area (Å²) in [6.07, 6.45) is -4.63. The summed E-state index contributed by atoms with van der Waals surface area (Å²) in [4.78, 5) is 9.71. The van der Waals surface area contributed by atoms with Gasteiger partial charge in [0.15, 0.2) is 0 Å². The highest BCUT2D eigenvalue weighted by molar-refractivity contribution is 5.44. The Labute approximate surface area is 94.2 Å². The van der Waals surface area contributed by atoms with Crippen molar-refractivity contribution in [3.8, 4) is 0 Å². The standard InChI is InChI=1S/C9H9F3N2O3/c1-13(15)5-6-2-3-7(9(10,11)12)4-8(6)14(16)17/h2-4,15H,5H2,1H3. The van der Waals surface area contributed by atoms with Crippen molar-refractivity contribution < 1.29 is 23.3 Å². The van der Waals surface area contributed by atoms with Gasteiger partial charge < -0.3 is 5.21 Å². The van der Waals surface area contributed by atoms with Crippen LogP contribution in [0.4, 0.5) is 18.9 Å². The van der Waals surface area contributed by atoms with Crippen molar-refractivity contribution in [2.24, 2.45) is 0 Å². The maximum Gasteiger partial charge on any atom is 0.416 e. The monoisotopic (exact) mass is 250 g/mol. The van der Waals surface area contributed by atoms with Crippen LogP contribution in [0.2, 0.25) is 0 Å². The van der Waals surface area contributed by atoms with Gasteiger partial charge in [-0.3, -0.25) is 10.1 Å². The van der Waals surface area contributed by atoms with Gasteiger partial charge in [-0.1, -0.05) is 6.07 Å². The molecule has 17 heavy (non-hydrogen) atoms. The predicted octanol–water partition coefficient (Wildman–Crippen LogP) is 2.43. The number of rotatable bonds is 3. The smallest absolute Gasteiger partial charge is 0.314 e. The molecule has 0 bridgehead atoms. The van der Waals surface area contributed by atoms with Crippen molar-refractivity contribution in [1.29, 1.82) is 0 Å². The summed E-state index contributed by atoms with van der Waals surface area (Å²) < 4.78 is 37.0. The molecule has 0 saturated carbocycles. The third-order valence-electron chi connectivity index (χ3n) is 2.01. The van der Waals surface area contributed by atoms with Crippen LogP contribution in [0.15, 0.2) is 18.2 Å². The lowest BCUT2D eigenvalue weighted by Gasteiger charge is -2.11. The zero-order valence-corrected chi connectivity index (χ0v) is 8.73. The molecule has 0 amide bonds. The van der Waals surface area contributed by atoms with Crippen LogP contribution >= 0.6 is 0 Å². The molecule has 1 aromatic rings. The number of nitro benzene ring substituents is 1. The molecule has 5 nitrogen and oxygen atoms in total. The summed E-state index contributed by atoms with van der Waals surface area (Å²) in [6, 6.07) is 2.18. The van der Waals surface area contributed by atoms with Crippen LogP contribution in [0.3, 0.4) is 0 Å². The first kappa shape index (κ1) is 13.4. The summed E-state index contributed by atoms with van der Waals surface area (Å²) in [5, 5.41) is 20.2. The number of hydrogen-bond acceptors (Lipinski definition) is 4. The van der Waals surface area contributed by atoms with Crippen LogP contribution in [-0.2, 0) is 12.7 Å². The Kier molecular flexibility index (Phi) is 3.69. The Morgan fingerprint density at radius 1 is 1.47 bits per heavy atom. The van der Waals surface area contributed by atoms with E-state index in [1.165, 1.54) is 7.05 Å². The van der Waals surface area contributed by atoms with Gasteiger partial charge in [-0.2, -0.15) is 18.2 Å². The maximum absolute atomic E-state index is 12.3. The third-order valence-corrected chi connectivity index (χ3v) is 2.01. The molecule has 0 unspecified atom stereocenters. The Bertz CT molecular complexity index is 432. The molecule has 0 saturated heterocycles. The molecule has 1 N–H and O–H groups in total. The minimum atomic E-state index is -4.63. The predicted molar refractivity (Wildman–Crippen MR) is 51.4 cm³/mol. The van der Waals surface area contributed by atoms with Crippen molar-refractivity contribution >= 4 is 5.69 Å². The Morgan fingerprint density at radius 3 is 2.47 bits per heavy atom. The molecule has 0 atom stereocenters. The van der Waals surface area contributed by atoms with Crippen molar-refractivity contribution in [1.82, 2.24) is 5.06 Å². The largest absolute Gasteiger partial charge is 0.416 e. The second kappa shape index (κ2) is 4.68. The van der Waals surface area contributed by atoms with Crippen molar-refractivity contribution in [2.45, 2.75) is 12.7 Å². The van der Waals surface area contributed by atoms with Crippen molar-refractivity contribution in [3.63, 3.8) is 0 Å². The van der Waals surface area contributed by atoms with E-state index < -0.39 is 22.4 Å². The van der Waals surface area contributed by atoms with Gasteiger partial charge in [0.2, 0.25) is 0 Å². The van der Waals surface area contributed by atoms with E-state index in [4.69, 9.17) is 5.21 Å². The fourth-order valence-electron chi connectivity index (χ4n) is 1.29. The van der Waals surface area contributed by atoms with Crippen molar-refractivity contribution in [3.05, 3.63) is 39.4 Å². The first-order valence-corrected chi connectivity index (χ1v) is 4.46. The van der Waals surface area contributed by atoms with E-state index in [1.807, 2.05) is 0 Å². The first-order chi connectivity index (χ1) is 7.71. The Hall–Kier alpha value is -1.67. The minimum Gasteiger partial charge on any atom is -0.314 e.